The number of ether oxygens (including phenoxy) is 3. The third-order valence-electron chi connectivity index (χ3n) is 6.37. The molecule has 176 valence electrons. The lowest BCUT2D eigenvalue weighted by molar-refractivity contribution is -0.0396. The van der Waals surface area contributed by atoms with Gasteiger partial charge in [0, 0.05) is 31.4 Å². The highest BCUT2D eigenvalue weighted by molar-refractivity contribution is 5.96. The Hall–Kier alpha value is -3.52. The Bertz CT molecular complexity index is 1160. The van der Waals surface area contributed by atoms with Crippen LogP contribution in [0.3, 0.4) is 0 Å². The number of nitrogens with zero attached hydrogens (tertiary/aromatic N) is 3. The second kappa shape index (κ2) is 9.38. The van der Waals surface area contributed by atoms with Gasteiger partial charge in [-0.1, -0.05) is 12.1 Å². The number of piperidine rings is 1. The van der Waals surface area contributed by atoms with Crippen molar-refractivity contribution >= 4 is 5.91 Å². The van der Waals surface area contributed by atoms with Crippen LogP contribution in [-0.4, -0.2) is 52.2 Å². The quantitative estimate of drug-likeness (QED) is 0.552. The maximum Gasteiger partial charge on any atom is 0.259 e. The summed E-state index contributed by atoms with van der Waals surface area (Å²) in [7, 11) is 0. The van der Waals surface area contributed by atoms with Crippen LogP contribution in [0.4, 0.5) is 4.39 Å². The number of pyridine rings is 2. The summed E-state index contributed by atoms with van der Waals surface area (Å²) in [6.07, 6.45) is 5.05. The van der Waals surface area contributed by atoms with Gasteiger partial charge in [-0.15, -0.1) is 0 Å². The summed E-state index contributed by atoms with van der Waals surface area (Å²) in [5, 5.41) is 0. The standard InChI is InChI=1S/C26H26FN3O4/c1-18-8-9-19(16-29-18)34-24-21(5-4-12-28-24)25(31)30-13-10-26(11-14-30)15-20(17-32-26)33-23-7-3-2-6-22(23)27/h2-9,12,16,20H,10-11,13-15,17H2,1H3/t20-/m1/s1. The van der Waals surface area contributed by atoms with Gasteiger partial charge in [0.05, 0.1) is 18.4 Å². The van der Waals surface area contributed by atoms with Crippen LogP contribution in [0.1, 0.15) is 35.3 Å². The molecule has 8 heteroatoms. The van der Waals surface area contributed by atoms with Crippen molar-refractivity contribution < 1.29 is 23.4 Å². The van der Waals surface area contributed by atoms with Crippen molar-refractivity contribution in [2.75, 3.05) is 19.7 Å². The number of hydrogen-bond donors (Lipinski definition) is 0. The molecule has 0 radical (unpaired) electrons. The monoisotopic (exact) mass is 463 g/mol. The number of carbonyl (C=O) groups excluding carboxylic acids is 1. The Balaban J connectivity index is 1.21. The largest absolute Gasteiger partial charge is 0.485 e. The van der Waals surface area contributed by atoms with Crippen LogP contribution in [0.5, 0.6) is 17.4 Å². The summed E-state index contributed by atoms with van der Waals surface area (Å²) < 4.78 is 31.8. The Morgan fingerprint density at radius 3 is 2.71 bits per heavy atom. The molecule has 4 heterocycles. The predicted octanol–water partition coefficient (Wildman–Crippen LogP) is 4.56. The third kappa shape index (κ3) is 4.72. The number of benzene rings is 1. The van der Waals surface area contributed by atoms with Gasteiger partial charge in [-0.05, 0) is 56.2 Å². The van der Waals surface area contributed by atoms with Gasteiger partial charge in [-0.2, -0.15) is 0 Å². The number of hydrogen-bond acceptors (Lipinski definition) is 6. The summed E-state index contributed by atoms with van der Waals surface area (Å²) in [5.41, 5.74) is 0.934. The maximum absolute atomic E-state index is 13.9. The van der Waals surface area contributed by atoms with E-state index in [9.17, 15) is 9.18 Å². The number of likely N-dealkylation sites (tertiary alicyclic amines) is 1. The van der Waals surface area contributed by atoms with Crippen LogP contribution in [0.15, 0.2) is 60.9 Å². The van der Waals surface area contributed by atoms with Crippen LogP contribution < -0.4 is 9.47 Å². The van der Waals surface area contributed by atoms with Gasteiger partial charge in [0.2, 0.25) is 5.88 Å². The number of amides is 1. The molecule has 1 aromatic carbocycles. The lowest BCUT2D eigenvalue weighted by atomic mass is 9.87. The topological polar surface area (TPSA) is 73.8 Å². The fourth-order valence-corrected chi connectivity index (χ4v) is 4.50. The summed E-state index contributed by atoms with van der Waals surface area (Å²) >= 11 is 0. The molecule has 0 unspecified atom stereocenters. The normalized spacial score (nSPS) is 19.2. The average molecular weight is 464 g/mol. The van der Waals surface area contributed by atoms with E-state index in [0.717, 1.165) is 5.69 Å². The molecule has 0 N–H and O–H groups in total. The van der Waals surface area contributed by atoms with Gasteiger partial charge in [-0.25, -0.2) is 9.37 Å². The van der Waals surface area contributed by atoms with Crippen molar-refractivity contribution in [2.45, 2.75) is 37.9 Å². The molecule has 0 bridgehead atoms. The molecule has 1 amide bonds. The number of halogens is 1. The first-order valence-electron chi connectivity index (χ1n) is 11.4. The molecule has 3 aromatic rings. The maximum atomic E-state index is 13.9. The van der Waals surface area contributed by atoms with Gasteiger partial charge in [-0.3, -0.25) is 9.78 Å². The number of aryl methyl sites for hydroxylation is 1. The zero-order chi connectivity index (χ0) is 23.5. The number of carbonyl (C=O) groups is 1. The molecule has 1 spiro atoms. The second-order valence-corrected chi connectivity index (χ2v) is 8.75. The van der Waals surface area contributed by atoms with Gasteiger partial charge >= 0.3 is 0 Å². The van der Waals surface area contributed by atoms with Crippen molar-refractivity contribution in [3.05, 3.63) is 78.0 Å². The van der Waals surface area contributed by atoms with Gasteiger partial charge in [0.25, 0.3) is 5.91 Å². The van der Waals surface area contributed by atoms with Crippen LogP contribution in [0, 0.1) is 12.7 Å². The lowest BCUT2D eigenvalue weighted by Crippen LogP contribution is -2.46. The molecule has 1 atom stereocenters. The first-order chi connectivity index (χ1) is 16.5. The highest BCUT2D eigenvalue weighted by Crippen LogP contribution is 2.38. The molecule has 0 aliphatic carbocycles. The fraction of sp³-hybridized carbons (Fsp3) is 0.346. The minimum atomic E-state index is -0.375. The fourth-order valence-electron chi connectivity index (χ4n) is 4.50. The van der Waals surface area contributed by atoms with Crippen molar-refractivity contribution in [1.29, 1.82) is 0 Å². The van der Waals surface area contributed by atoms with Gasteiger partial charge < -0.3 is 19.1 Å². The van der Waals surface area contributed by atoms with Crippen LogP contribution in [0.2, 0.25) is 0 Å². The SMILES string of the molecule is Cc1ccc(Oc2ncccc2C(=O)N2CCC3(CC2)C[C@@H](Oc2ccccc2F)CO3)cn1. The first-order valence-corrected chi connectivity index (χ1v) is 11.4. The number of rotatable bonds is 5. The molecule has 34 heavy (non-hydrogen) atoms. The minimum Gasteiger partial charge on any atom is -0.485 e. The van der Waals surface area contributed by atoms with Crippen LogP contribution >= 0.6 is 0 Å². The molecule has 2 aliphatic rings. The smallest absolute Gasteiger partial charge is 0.259 e. The third-order valence-corrected chi connectivity index (χ3v) is 6.37. The van der Waals surface area contributed by atoms with Crippen LogP contribution in [0.25, 0.3) is 0 Å². The average Bonchev–Trinajstić information content (AvgIpc) is 3.24. The van der Waals surface area contributed by atoms with Gasteiger partial charge in [0.15, 0.2) is 11.6 Å². The van der Waals surface area contributed by atoms with E-state index in [1.807, 2.05) is 13.0 Å². The van der Waals surface area contributed by atoms with Crippen LogP contribution in [-0.2, 0) is 4.74 Å². The van der Waals surface area contributed by atoms with Crippen molar-refractivity contribution in [3.8, 4) is 17.4 Å². The van der Waals surface area contributed by atoms with E-state index in [1.54, 1.807) is 53.7 Å². The molecule has 2 fully saturated rings. The molecule has 2 saturated heterocycles. The van der Waals surface area contributed by atoms with Crippen molar-refractivity contribution in [2.24, 2.45) is 0 Å². The Morgan fingerprint density at radius 2 is 1.94 bits per heavy atom. The van der Waals surface area contributed by atoms with E-state index in [4.69, 9.17) is 14.2 Å². The Labute approximate surface area is 197 Å². The zero-order valence-electron chi connectivity index (χ0n) is 18.9. The lowest BCUT2D eigenvalue weighted by Gasteiger charge is -2.38. The summed E-state index contributed by atoms with van der Waals surface area (Å²) in [6.45, 7) is 3.40. The molecule has 5 rings (SSSR count). The predicted molar refractivity (Wildman–Crippen MR) is 123 cm³/mol. The highest BCUT2D eigenvalue weighted by atomic mass is 19.1. The van der Waals surface area contributed by atoms with E-state index in [0.29, 0.717) is 50.3 Å². The number of aromatic nitrogens is 2. The van der Waals surface area contributed by atoms with Crippen molar-refractivity contribution in [3.63, 3.8) is 0 Å². The van der Waals surface area contributed by atoms with E-state index >= 15 is 0 Å². The summed E-state index contributed by atoms with van der Waals surface area (Å²) in [4.78, 5) is 23.6. The van der Waals surface area contributed by atoms with E-state index in [-0.39, 0.29) is 35.1 Å². The molecule has 7 nitrogen and oxygen atoms in total. The second-order valence-electron chi connectivity index (χ2n) is 8.75. The summed E-state index contributed by atoms with van der Waals surface area (Å²) in [5.74, 6) is 0.522. The molecular weight excluding hydrogens is 437 g/mol. The molecular formula is C26H26FN3O4. The number of para-hydroxylation sites is 1. The van der Waals surface area contributed by atoms with E-state index in [1.165, 1.54) is 6.07 Å². The van der Waals surface area contributed by atoms with E-state index in [2.05, 4.69) is 9.97 Å². The first kappa shape index (κ1) is 22.3. The van der Waals surface area contributed by atoms with Gasteiger partial charge in [0.1, 0.15) is 17.4 Å². The highest BCUT2D eigenvalue weighted by Gasteiger charge is 2.44. The molecule has 2 aromatic heterocycles. The molecule has 0 saturated carbocycles. The summed E-state index contributed by atoms with van der Waals surface area (Å²) in [6, 6.07) is 13.5. The Morgan fingerprint density at radius 1 is 1.12 bits per heavy atom. The zero-order valence-corrected chi connectivity index (χ0v) is 18.9. The Kier molecular flexibility index (Phi) is 6.15. The minimum absolute atomic E-state index is 0.129. The van der Waals surface area contributed by atoms with Crippen molar-refractivity contribution in [1.82, 2.24) is 14.9 Å². The van der Waals surface area contributed by atoms with E-state index < -0.39 is 0 Å². The molecule has 2 aliphatic heterocycles.